The van der Waals surface area contributed by atoms with E-state index in [1.807, 2.05) is 0 Å². The van der Waals surface area contributed by atoms with E-state index in [9.17, 15) is 15.0 Å². The van der Waals surface area contributed by atoms with E-state index >= 15 is 0 Å². The lowest BCUT2D eigenvalue weighted by molar-refractivity contribution is 0.0690. The van der Waals surface area contributed by atoms with Crippen LogP contribution in [0.4, 0.5) is 0 Å². The number of hydrogen-bond acceptors (Lipinski definition) is 5. The number of benzene rings is 1. The minimum Gasteiger partial charge on any atom is -0.504 e. The molecule has 0 radical (unpaired) electrons. The third-order valence-corrected chi connectivity index (χ3v) is 2.21. The maximum atomic E-state index is 10.6. The highest BCUT2D eigenvalue weighted by Crippen LogP contribution is 2.41. The van der Waals surface area contributed by atoms with Crippen LogP contribution in [0.1, 0.15) is 10.5 Å². The molecule has 2 rings (SSSR count). The lowest BCUT2D eigenvalue weighted by Gasteiger charge is -2.04. The number of carboxylic acids is 1. The van der Waals surface area contributed by atoms with Crippen LogP contribution in [0.15, 0.2) is 18.2 Å². The van der Waals surface area contributed by atoms with Crippen molar-refractivity contribution >= 4 is 5.97 Å². The van der Waals surface area contributed by atoms with Crippen LogP contribution in [0.2, 0.25) is 0 Å². The van der Waals surface area contributed by atoms with Gasteiger partial charge in [0.1, 0.15) is 5.69 Å². The van der Waals surface area contributed by atoms with Gasteiger partial charge in [-0.05, 0) is 18.2 Å². The Kier molecular flexibility index (Phi) is 2.36. The molecule has 0 unspecified atom stereocenters. The first-order valence-electron chi connectivity index (χ1n) is 4.53. The molecule has 0 aliphatic heterocycles. The van der Waals surface area contributed by atoms with E-state index in [0.29, 0.717) is 0 Å². The van der Waals surface area contributed by atoms with E-state index in [1.165, 1.54) is 18.2 Å². The average Bonchev–Trinajstić information content (AvgIpc) is 2.75. The zero-order valence-corrected chi connectivity index (χ0v) is 8.38. The molecule has 1 aromatic heterocycles. The third kappa shape index (κ3) is 1.73. The number of phenols is 3. The molecule has 17 heavy (non-hydrogen) atoms. The SMILES string of the molecule is O=C(O)c1cc(-c2ccc(O)c(O)c2O)n[nH]1. The van der Waals surface area contributed by atoms with E-state index < -0.39 is 23.2 Å². The lowest BCUT2D eigenvalue weighted by atomic mass is 10.1. The number of nitrogens with zero attached hydrogens (tertiary/aromatic N) is 1. The fraction of sp³-hybridized carbons (Fsp3) is 0. The van der Waals surface area contributed by atoms with Gasteiger partial charge in [-0.1, -0.05) is 0 Å². The first-order chi connectivity index (χ1) is 8.00. The van der Waals surface area contributed by atoms with E-state index in [1.54, 1.807) is 0 Å². The van der Waals surface area contributed by atoms with E-state index in [2.05, 4.69) is 10.2 Å². The summed E-state index contributed by atoms with van der Waals surface area (Å²) in [5.74, 6) is -2.90. The number of aromatic hydroxyl groups is 3. The van der Waals surface area contributed by atoms with Crippen LogP contribution < -0.4 is 0 Å². The Morgan fingerprint density at radius 1 is 1.18 bits per heavy atom. The van der Waals surface area contributed by atoms with Gasteiger partial charge in [0.05, 0.1) is 5.69 Å². The Morgan fingerprint density at radius 3 is 2.47 bits per heavy atom. The number of aromatic nitrogens is 2. The quantitative estimate of drug-likeness (QED) is 0.493. The number of aromatic amines is 1. The summed E-state index contributed by atoms with van der Waals surface area (Å²) in [6.07, 6.45) is 0. The molecule has 0 saturated heterocycles. The fourth-order valence-electron chi connectivity index (χ4n) is 1.34. The number of aromatic carboxylic acids is 1. The highest BCUT2D eigenvalue weighted by Gasteiger charge is 2.16. The zero-order valence-electron chi connectivity index (χ0n) is 8.38. The largest absolute Gasteiger partial charge is 0.504 e. The first-order valence-corrected chi connectivity index (χ1v) is 4.53. The maximum Gasteiger partial charge on any atom is 0.353 e. The number of phenolic OH excluding ortho intramolecular Hbond substituents is 3. The van der Waals surface area contributed by atoms with Crippen molar-refractivity contribution in [1.29, 1.82) is 0 Å². The summed E-state index contributed by atoms with van der Waals surface area (Å²) >= 11 is 0. The fourth-order valence-corrected chi connectivity index (χ4v) is 1.34. The second kappa shape index (κ2) is 3.71. The smallest absolute Gasteiger partial charge is 0.353 e. The van der Waals surface area contributed by atoms with Gasteiger partial charge < -0.3 is 20.4 Å². The Hall–Kier alpha value is -2.70. The Labute approximate surface area is 94.6 Å². The normalized spacial score (nSPS) is 10.4. The van der Waals surface area contributed by atoms with Gasteiger partial charge in [0.25, 0.3) is 0 Å². The molecule has 0 atom stereocenters. The summed E-state index contributed by atoms with van der Waals surface area (Å²) in [5.41, 5.74) is 0.117. The van der Waals surface area contributed by atoms with Crippen LogP contribution in [0.25, 0.3) is 11.3 Å². The average molecular weight is 236 g/mol. The van der Waals surface area contributed by atoms with E-state index in [-0.39, 0.29) is 17.0 Å². The summed E-state index contributed by atoms with van der Waals surface area (Å²) < 4.78 is 0. The standard InChI is InChI=1S/C10H8N2O5/c13-7-2-1-4(8(14)9(7)15)5-3-6(10(16)17)12-11-5/h1-3,13-15H,(H,11,12)(H,16,17). The molecular formula is C10H8N2O5. The summed E-state index contributed by atoms with van der Waals surface area (Å²) in [4.78, 5) is 10.6. The Bertz CT molecular complexity index is 590. The minimum atomic E-state index is -1.19. The zero-order chi connectivity index (χ0) is 12.6. The maximum absolute atomic E-state index is 10.6. The number of nitrogens with one attached hydrogen (secondary N) is 1. The van der Waals surface area contributed by atoms with Crippen molar-refractivity contribution in [2.45, 2.75) is 0 Å². The monoisotopic (exact) mass is 236 g/mol. The van der Waals surface area contributed by atoms with Crippen molar-refractivity contribution < 1.29 is 25.2 Å². The number of H-pyrrole nitrogens is 1. The number of carbonyl (C=O) groups is 1. The second-order valence-electron chi connectivity index (χ2n) is 3.30. The van der Waals surface area contributed by atoms with Gasteiger partial charge in [-0.15, -0.1) is 0 Å². The summed E-state index contributed by atoms with van der Waals surface area (Å²) in [6.45, 7) is 0. The van der Waals surface area contributed by atoms with Crippen molar-refractivity contribution in [3.63, 3.8) is 0 Å². The topological polar surface area (TPSA) is 127 Å². The molecule has 0 bridgehead atoms. The summed E-state index contributed by atoms with van der Waals surface area (Å²) in [6, 6.07) is 3.68. The van der Waals surface area contributed by atoms with Gasteiger partial charge in [0.2, 0.25) is 5.75 Å². The number of rotatable bonds is 2. The van der Waals surface area contributed by atoms with Crippen molar-refractivity contribution in [1.82, 2.24) is 10.2 Å². The van der Waals surface area contributed by atoms with Gasteiger partial charge >= 0.3 is 5.97 Å². The Balaban J connectivity index is 2.53. The van der Waals surface area contributed by atoms with Gasteiger partial charge in [0.15, 0.2) is 11.5 Å². The molecule has 1 heterocycles. The van der Waals surface area contributed by atoms with Crippen LogP contribution in [0.5, 0.6) is 17.2 Å². The highest BCUT2D eigenvalue weighted by atomic mass is 16.4. The minimum absolute atomic E-state index is 0.115. The molecule has 0 spiro atoms. The van der Waals surface area contributed by atoms with Crippen molar-refractivity contribution in [2.75, 3.05) is 0 Å². The summed E-state index contributed by atoms with van der Waals surface area (Å²) in [7, 11) is 0. The van der Waals surface area contributed by atoms with Crippen LogP contribution in [-0.4, -0.2) is 36.6 Å². The van der Waals surface area contributed by atoms with E-state index in [4.69, 9.17) is 10.2 Å². The first kappa shape index (κ1) is 10.8. The molecular weight excluding hydrogens is 228 g/mol. The molecule has 1 aromatic carbocycles. The molecule has 0 fully saturated rings. The van der Waals surface area contributed by atoms with Crippen molar-refractivity contribution in [3.05, 3.63) is 23.9 Å². The number of hydrogen-bond donors (Lipinski definition) is 5. The molecule has 2 aromatic rings. The van der Waals surface area contributed by atoms with Gasteiger partial charge in [-0.2, -0.15) is 5.10 Å². The summed E-state index contributed by atoms with van der Waals surface area (Å²) in [5, 5.41) is 42.6. The molecule has 0 aliphatic rings. The van der Waals surface area contributed by atoms with Crippen LogP contribution in [0, 0.1) is 0 Å². The van der Waals surface area contributed by atoms with Crippen LogP contribution >= 0.6 is 0 Å². The van der Waals surface area contributed by atoms with Crippen molar-refractivity contribution in [3.8, 4) is 28.5 Å². The predicted molar refractivity (Wildman–Crippen MR) is 56.0 cm³/mol. The molecule has 5 N–H and O–H groups in total. The van der Waals surface area contributed by atoms with E-state index in [0.717, 1.165) is 0 Å². The molecule has 7 heteroatoms. The van der Waals surface area contributed by atoms with Crippen LogP contribution in [0.3, 0.4) is 0 Å². The van der Waals surface area contributed by atoms with Gasteiger partial charge in [-0.3, -0.25) is 5.10 Å². The van der Waals surface area contributed by atoms with Crippen molar-refractivity contribution in [2.24, 2.45) is 0 Å². The van der Waals surface area contributed by atoms with Gasteiger partial charge in [0, 0.05) is 5.56 Å². The second-order valence-corrected chi connectivity index (χ2v) is 3.30. The third-order valence-electron chi connectivity index (χ3n) is 2.21. The molecule has 88 valence electrons. The highest BCUT2D eigenvalue weighted by molar-refractivity contribution is 5.87. The Morgan fingerprint density at radius 2 is 1.88 bits per heavy atom. The molecule has 0 aliphatic carbocycles. The lowest BCUT2D eigenvalue weighted by Crippen LogP contribution is -1.95. The molecule has 0 amide bonds. The van der Waals surface area contributed by atoms with Gasteiger partial charge in [-0.25, -0.2) is 4.79 Å². The number of carboxylic acid groups (broad SMARTS) is 1. The molecule has 0 saturated carbocycles. The predicted octanol–water partition coefficient (Wildman–Crippen LogP) is 0.892. The van der Waals surface area contributed by atoms with Crippen LogP contribution in [-0.2, 0) is 0 Å². The molecule has 7 nitrogen and oxygen atoms in total.